The number of carbonyl (C=O) groups is 2. The van der Waals surface area contributed by atoms with Crippen LogP contribution in [0.4, 0.5) is 14.9 Å². The van der Waals surface area contributed by atoms with Gasteiger partial charge in [-0.15, -0.1) is 0 Å². The largest absolute Gasteiger partial charge is 0.338 e. The van der Waals surface area contributed by atoms with E-state index >= 15 is 0 Å². The molecule has 136 valence electrons. The summed E-state index contributed by atoms with van der Waals surface area (Å²) in [5, 5.41) is 6.12. The van der Waals surface area contributed by atoms with E-state index in [1.54, 1.807) is 29.2 Å². The molecule has 7 heteroatoms. The van der Waals surface area contributed by atoms with Crippen molar-refractivity contribution in [2.75, 3.05) is 18.0 Å². The smallest absolute Gasteiger partial charge is 0.315 e. The summed E-state index contributed by atoms with van der Waals surface area (Å²) < 4.78 is 12.8. The fourth-order valence-corrected chi connectivity index (χ4v) is 3.00. The van der Waals surface area contributed by atoms with E-state index in [-0.39, 0.29) is 23.7 Å². The lowest BCUT2D eigenvalue weighted by Crippen LogP contribution is -2.38. The number of nitrogens with zero attached hydrogens (tertiary/aromatic N) is 1. The summed E-state index contributed by atoms with van der Waals surface area (Å²) in [5.74, 6) is -0.227. The number of rotatable bonds is 5. The van der Waals surface area contributed by atoms with Crippen LogP contribution in [0.1, 0.15) is 12.0 Å². The van der Waals surface area contributed by atoms with Gasteiger partial charge in [-0.1, -0.05) is 23.7 Å². The molecule has 0 aromatic heterocycles. The average molecular weight is 376 g/mol. The number of hydrogen-bond donors (Lipinski definition) is 2. The first-order valence-corrected chi connectivity index (χ1v) is 8.71. The maximum Gasteiger partial charge on any atom is 0.315 e. The number of benzene rings is 2. The predicted octanol–water partition coefficient (Wildman–Crippen LogP) is 3.33. The molecule has 1 saturated heterocycles. The van der Waals surface area contributed by atoms with Gasteiger partial charge in [0.05, 0.1) is 0 Å². The van der Waals surface area contributed by atoms with Gasteiger partial charge in [0.25, 0.3) is 0 Å². The molecule has 1 aliphatic rings. The summed E-state index contributed by atoms with van der Waals surface area (Å²) >= 11 is 5.87. The van der Waals surface area contributed by atoms with Gasteiger partial charge >= 0.3 is 6.03 Å². The molecule has 0 radical (unpaired) electrons. The lowest BCUT2D eigenvalue weighted by molar-refractivity contribution is -0.117. The highest BCUT2D eigenvalue weighted by Gasteiger charge is 2.30. The second kappa shape index (κ2) is 8.19. The van der Waals surface area contributed by atoms with Crippen molar-refractivity contribution in [2.45, 2.75) is 13.0 Å². The highest BCUT2D eigenvalue weighted by atomic mass is 35.5. The van der Waals surface area contributed by atoms with Crippen LogP contribution in [0.5, 0.6) is 0 Å². The molecule has 2 aromatic carbocycles. The fraction of sp³-hybridized carbons (Fsp3) is 0.263. The Bertz CT molecular complexity index is 780. The number of urea groups is 1. The minimum Gasteiger partial charge on any atom is -0.338 e. The van der Waals surface area contributed by atoms with Crippen LogP contribution >= 0.6 is 11.6 Å². The molecular formula is C19H19ClFN3O2. The minimum atomic E-state index is -0.313. The fourth-order valence-electron chi connectivity index (χ4n) is 2.87. The van der Waals surface area contributed by atoms with E-state index in [0.717, 1.165) is 11.3 Å². The van der Waals surface area contributed by atoms with Crippen molar-refractivity contribution in [1.29, 1.82) is 0 Å². The minimum absolute atomic E-state index is 0.0332. The van der Waals surface area contributed by atoms with Gasteiger partial charge < -0.3 is 15.5 Å². The van der Waals surface area contributed by atoms with Gasteiger partial charge in [0.2, 0.25) is 5.91 Å². The van der Waals surface area contributed by atoms with Crippen molar-refractivity contribution in [2.24, 2.45) is 5.92 Å². The van der Waals surface area contributed by atoms with Crippen molar-refractivity contribution in [1.82, 2.24) is 10.6 Å². The molecule has 0 unspecified atom stereocenters. The van der Waals surface area contributed by atoms with Crippen LogP contribution in [0.2, 0.25) is 5.02 Å². The standard InChI is InChI=1S/C19H19ClFN3O2/c20-15-3-7-17(8-4-15)24-12-14(9-18(24)25)11-23-19(26)22-10-13-1-5-16(21)6-2-13/h1-8,14H,9-12H2,(H2,22,23,26)/t14-/m1/s1. The molecule has 0 bridgehead atoms. The summed E-state index contributed by atoms with van der Waals surface area (Å²) in [4.78, 5) is 25.8. The summed E-state index contributed by atoms with van der Waals surface area (Å²) in [6.45, 7) is 1.27. The van der Waals surface area contributed by atoms with E-state index in [1.807, 2.05) is 12.1 Å². The van der Waals surface area contributed by atoms with Gasteiger partial charge in [-0.3, -0.25) is 4.79 Å². The number of nitrogens with one attached hydrogen (secondary N) is 2. The lowest BCUT2D eigenvalue weighted by atomic mass is 10.1. The SMILES string of the molecule is O=C(NCc1ccc(F)cc1)NC[C@H]1CC(=O)N(c2ccc(Cl)cc2)C1. The Morgan fingerprint density at radius 2 is 1.81 bits per heavy atom. The highest BCUT2D eigenvalue weighted by Crippen LogP contribution is 2.25. The number of amides is 3. The van der Waals surface area contributed by atoms with Crippen LogP contribution in [0, 0.1) is 11.7 Å². The van der Waals surface area contributed by atoms with Gasteiger partial charge in [0.15, 0.2) is 0 Å². The maximum atomic E-state index is 12.8. The molecule has 0 spiro atoms. The molecule has 1 heterocycles. The van der Waals surface area contributed by atoms with E-state index in [1.165, 1.54) is 12.1 Å². The van der Waals surface area contributed by atoms with Crippen LogP contribution in [-0.4, -0.2) is 25.0 Å². The molecule has 5 nitrogen and oxygen atoms in total. The van der Waals surface area contributed by atoms with E-state index in [2.05, 4.69) is 10.6 Å². The Balaban J connectivity index is 1.44. The number of halogens is 2. The van der Waals surface area contributed by atoms with Gasteiger partial charge in [-0.25, -0.2) is 9.18 Å². The Kier molecular flexibility index (Phi) is 5.73. The monoisotopic (exact) mass is 375 g/mol. The summed E-state index contributed by atoms with van der Waals surface area (Å²) in [6.07, 6.45) is 0.390. The number of anilines is 1. The van der Waals surface area contributed by atoms with Crippen molar-refractivity contribution < 1.29 is 14.0 Å². The number of hydrogen-bond acceptors (Lipinski definition) is 2. The summed E-state index contributed by atoms with van der Waals surface area (Å²) in [6, 6.07) is 12.7. The van der Waals surface area contributed by atoms with Crippen LogP contribution in [0.25, 0.3) is 0 Å². The van der Waals surface area contributed by atoms with Crippen LogP contribution < -0.4 is 15.5 Å². The number of carbonyl (C=O) groups excluding carboxylic acids is 2. The van der Waals surface area contributed by atoms with E-state index in [4.69, 9.17) is 11.6 Å². The first-order valence-electron chi connectivity index (χ1n) is 8.33. The van der Waals surface area contributed by atoms with E-state index in [0.29, 0.717) is 31.1 Å². The molecule has 0 saturated carbocycles. The second-order valence-electron chi connectivity index (χ2n) is 6.24. The van der Waals surface area contributed by atoms with Crippen LogP contribution in [0.3, 0.4) is 0 Å². The molecule has 3 rings (SSSR count). The second-order valence-corrected chi connectivity index (χ2v) is 6.68. The van der Waals surface area contributed by atoms with Crippen molar-refractivity contribution in [3.63, 3.8) is 0 Å². The molecule has 0 aliphatic carbocycles. The Hall–Kier alpha value is -2.60. The molecule has 3 amide bonds. The molecule has 2 aromatic rings. The predicted molar refractivity (Wildman–Crippen MR) is 98.6 cm³/mol. The summed E-state index contributed by atoms with van der Waals surface area (Å²) in [7, 11) is 0. The zero-order valence-electron chi connectivity index (χ0n) is 14.0. The molecule has 1 fully saturated rings. The molecule has 1 atom stereocenters. The third-order valence-electron chi connectivity index (χ3n) is 4.26. The third-order valence-corrected chi connectivity index (χ3v) is 4.51. The van der Waals surface area contributed by atoms with Crippen molar-refractivity contribution in [3.05, 3.63) is 64.9 Å². The molecular weight excluding hydrogens is 357 g/mol. The Morgan fingerprint density at radius 3 is 2.50 bits per heavy atom. The van der Waals surface area contributed by atoms with Crippen LogP contribution in [-0.2, 0) is 11.3 Å². The van der Waals surface area contributed by atoms with Gasteiger partial charge in [-0.05, 0) is 42.0 Å². The Labute approximate surface area is 156 Å². The lowest BCUT2D eigenvalue weighted by Gasteiger charge is -2.17. The van der Waals surface area contributed by atoms with E-state index in [9.17, 15) is 14.0 Å². The summed E-state index contributed by atoms with van der Waals surface area (Å²) in [5.41, 5.74) is 1.62. The van der Waals surface area contributed by atoms with E-state index < -0.39 is 0 Å². The van der Waals surface area contributed by atoms with Crippen LogP contribution in [0.15, 0.2) is 48.5 Å². The topological polar surface area (TPSA) is 61.4 Å². The zero-order chi connectivity index (χ0) is 18.5. The molecule has 26 heavy (non-hydrogen) atoms. The molecule has 2 N–H and O–H groups in total. The van der Waals surface area contributed by atoms with Gasteiger partial charge in [0, 0.05) is 42.7 Å². The highest BCUT2D eigenvalue weighted by molar-refractivity contribution is 6.30. The maximum absolute atomic E-state index is 12.8. The van der Waals surface area contributed by atoms with Gasteiger partial charge in [-0.2, -0.15) is 0 Å². The normalized spacial score (nSPS) is 16.6. The third kappa shape index (κ3) is 4.73. The van der Waals surface area contributed by atoms with Crippen molar-refractivity contribution in [3.8, 4) is 0 Å². The zero-order valence-corrected chi connectivity index (χ0v) is 14.8. The average Bonchev–Trinajstić information content (AvgIpc) is 3.01. The molecule has 1 aliphatic heterocycles. The first-order chi connectivity index (χ1) is 12.5. The first kappa shape index (κ1) is 18.2. The van der Waals surface area contributed by atoms with Crippen molar-refractivity contribution >= 4 is 29.2 Å². The van der Waals surface area contributed by atoms with Gasteiger partial charge in [0.1, 0.15) is 5.82 Å². The quantitative estimate of drug-likeness (QED) is 0.842. The Morgan fingerprint density at radius 1 is 1.12 bits per heavy atom.